The highest BCUT2D eigenvalue weighted by Gasteiger charge is 2.17. The number of ether oxygens (including phenoxy) is 4. The Bertz CT molecular complexity index is 975. The maximum absolute atomic E-state index is 6.25. The molecule has 1 aliphatic rings. The van der Waals surface area contributed by atoms with Crippen LogP contribution in [0.5, 0.6) is 17.2 Å². The van der Waals surface area contributed by atoms with E-state index in [1.54, 1.807) is 0 Å². The van der Waals surface area contributed by atoms with Gasteiger partial charge in [0.25, 0.3) is 0 Å². The Labute approximate surface area is 197 Å². The molecular formula is C26H28BrNO4. The molecule has 2 N–H and O–H groups in total. The van der Waals surface area contributed by atoms with Crippen LogP contribution < -0.4 is 19.9 Å². The van der Waals surface area contributed by atoms with Gasteiger partial charge < -0.3 is 24.7 Å². The van der Waals surface area contributed by atoms with Gasteiger partial charge >= 0.3 is 0 Å². The van der Waals surface area contributed by atoms with Crippen molar-refractivity contribution in [3.8, 4) is 17.2 Å². The molecule has 5 nitrogen and oxygen atoms in total. The summed E-state index contributed by atoms with van der Waals surface area (Å²) in [7, 11) is 0. The Balaban J connectivity index is 1.40. The van der Waals surface area contributed by atoms with E-state index in [-0.39, 0.29) is 12.4 Å². The molecule has 0 amide bonds. The molecule has 0 radical (unpaired) electrons. The molecule has 1 fully saturated rings. The standard InChI is InChI=1S/C26H28BrNO4/c27-23-14-13-22(30-18-19-6-2-1-3-7-19)16-24(23)32-25(17-28)20-9-11-21(12-10-20)31-26-8-4-5-15-29-26/h1-3,6-7,9-14,16,25-26H,4-5,8,15,17-18,28H2/t25-,26?/m0/s1. The van der Waals surface area contributed by atoms with Gasteiger partial charge in [0.1, 0.15) is 30.0 Å². The first-order chi connectivity index (χ1) is 15.7. The molecule has 1 unspecified atom stereocenters. The average Bonchev–Trinajstić information content (AvgIpc) is 2.84. The van der Waals surface area contributed by atoms with Crippen LogP contribution >= 0.6 is 15.9 Å². The first-order valence-corrected chi connectivity index (χ1v) is 11.7. The van der Waals surface area contributed by atoms with Crippen molar-refractivity contribution in [3.05, 3.63) is 88.4 Å². The summed E-state index contributed by atoms with van der Waals surface area (Å²) >= 11 is 3.57. The van der Waals surface area contributed by atoms with Crippen molar-refractivity contribution in [1.82, 2.24) is 0 Å². The Hall–Kier alpha value is -2.54. The van der Waals surface area contributed by atoms with Crippen LogP contribution in [-0.4, -0.2) is 19.4 Å². The molecule has 4 rings (SSSR count). The van der Waals surface area contributed by atoms with Gasteiger partial charge in [0, 0.05) is 19.0 Å². The number of nitrogens with two attached hydrogens (primary N) is 1. The maximum Gasteiger partial charge on any atom is 0.199 e. The van der Waals surface area contributed by atoms with Crippen LogP contribution in [0.1, 0.15) is 36.5 Å². The zero-order valence-corrected chi connectivity index (χ0v) is 19.5. The molecule has 1 aliphatic heterocycles. The number of rotatable bonds is 9. The topological polar surface area (TPSA) is 62.9 Å². The molecule has 168 valence electrons. The van der Waals surface area contributed by atoms with Crippen LogP contribution in [0.4, 0.5) is 0 Å². The normalized spacial score (nSPS) is 16.9. The van der Waals surface area contributed by atoms with Crippen LogP contribution in [-0.2, 0) is 11.3 Å². The summed E-state index contributed by atoms with van der Waals surface area (Å²) in [4.78, 5) is 0. The predicted molar refractivity (Wildman–Crippen MR) is 128 cm³/mol. The first kappa shape index (κ1) is 22.6. The average molecular weight is 498 g/mol. The van der Waals surface area contributed by atoms with Gasteiger partial charge in [-0.05, 0) is 64.2 Å². The maximum atomic E-state index is 6.25. The van der Waals surface area contributed by atoms with Crippen molar-refractivity contribution >= 4 is 15.9 Å². The number of benzene rings is 3. The van der Waals surface area contributed by atoms with Crippen molar-refractivity contribution < 1.29 is 18.9 Å². The van der Waals surface area contributed by atoms with E-state index < -0.39 is 0 Å². The molecule has 3 aromatic rings. The van der Waals surface area contributed by atoms with Gasteiger partial charge in [0.2, 0.25) is 0 Å². The third-order valence-electron chi connectivity index (χ3n) is 5.29. The molecule has 32 heavy (non-hydrogen) atoms. The minimum Gasteiger partial charge on any atom is -0.489 e. The van der Waals surface area contributed by atoms with Crippen LogP contribution in [0.2, 0.25) is 0 Å². The monoisotopic (exact) mass is 497 g/mol. The van der Waals surface area contributed by atoms with Crippen LogP contribution in [0.25, 0.3) is 0 Å². The van der Waals surface area contributed by atoms with E-state index in [4.69, 9.17) is 24.7 Å². The van der Waals surface area contributed by atoms with Gasteiger partial charge in [-0.25, -0.2) is 0 Å². The second-order valence-electron chi connectivity index (χ2n) is 7.69. The summed E-state index contributed by atoms with van der Waals surface area (Å²) < 4.78 is 24.6. The largest absolute Gasteiger partial charge is 0.489 e. The molecule has 0 bridgehead atoms. The quantitative estimate of drug-likeness (QED) is 0.392. The van der Waals surface area contributed by atoms with E-state index in [0.717, 1.165) is 53.0 Å². The molecule has 1 heterocycles. The van der Waals surface area contributed by atoms with Gasteiger partial charge in [0.15, 0.2) is 6.29 Å². The Morgan fingerprint density at radius 1 is 0.969 bits per heavy atom. The summed E-state index contributed by atoms with van der Waals surface area (Å²) in [5.41, 5.74) is 8.13. The third-order valence-corrected chi connectivity index (χ3v) is 5.95. The highest BCUT2D eigenvalue weighted by molar-refractivity contribution is 9.10. The van der Waals surface area contributed by atoms with Crippen molar-refractivity contribution in [2.24, 2.45) is 5.73 Å². The molecule has 0 aromatic heterocycles. The molecule has 3 aromatic carbocycles. The van der Waals surface area contributed by atoms with Crippen molar-refractivity contribution in [2.45, 2.75) is 38.3 Å². The van der Waals surface area contributed by atoms with E-state index in [1.165, 1.54) is 0 Å². The second kappa shape index (κ2) is 11.4. The molecule has 0 spiro atoms. The summed E-state index contributed by atoms with van der Waals surface area (Å²) in [5, 5.41) is 0. The van der Waals surface area contributed by atoms with Gasteiger partial charge in [0.05, 0.1) is 11.1 Å². The van der Waals surface area contributed by atoms with E-state index >= 15 is 0 Å². The summed E-state index contributed by atoms with van der Waals surface area (Å²) in [6.45, 7) is 1.59. The van der Waals surface area contributed by atoms with Crippen LogP contribution in [0.3, 0.4) is 0 Å². The molecule has 0 saturated carbocycles. The Kier molecular flexibility index (Phi) is 8.04. The van der Waals surface area contributed by atoms with E-state index in [2.05, 4.69) is 15.9 Å². The van der Waals surface area contributed by atoms with Crippen LogP contribution in [0, 0.1) is 0 Å². The highest BCUT2D eigenvalue weighted by atomic mass is 79.9. The van der Waals surface area contributed by atoms with Gasteiger partial charge in [-0.1, -0.05) is 42.5 Å². The van der Waals surface area contributed by atoms with Crippen molar-refractivity contribution in [2.75, 3.05) is 13.2 Å². The fourth-order valence-corrected chi connectivity index (χ4v) is 3.87. The van der Waals surface area contributed by atoms with Gasteiger partial charge in [-0.15, -0.1) is 0 Å². The van der Waals surface area contributed by atoms with Gasteiger partial charge in [-0.3, -0.25) is 0 Å². The van der Waals surface area contributed by atoms with E-state index in [1.807, 2.05) is 72.8 Å². The lowest BCUT2D eigenvalue weighted by Gasteiger charge is -2.24. The lowest BCUT2D eigenvalue weighted by atomic mass is 10.1. The third kappa shape index (κ3) is 6.25. The van der Waals surface area contributed by atoms with E-state index in [0.29, 0.717) is 18.9 Å². The molecule has 2 atom stereocenters. The summed E-state index contributed by atoms with van der Waals surface area (Å²) in [5.74, 6) is 2.20. The van der Waals surface area contributed by atoms with Crippen molar-refractivity contribution in [1.29, 1.82) is 0 Å². The predicted octanol–water partition coefficient (Wildman–Crippen LogP) is 6.01. The fraction of sp³-hybridized carbons (Fsp3) is 0.308. The summed E-state index contributed by atoms with van der Waals surface area (Å²) in [6.07, 6.45) is 2.70. The molecular weight excluding hydrogens is 470 g/mol. The second-order valence-corrected chi connectivity index (χ2v) is 8.55. The molecule has 1 saturated heterocycles. The zero-order chi connectivity index (χ0) is 22.2. The zero-order valence-electron chi connectivity index (χ0n) is 17.9. The number of hydrogen-bond donors (Lipinski definition) is 1. The fourth-order valence-electron chi connectivity index (χ4n) is 3.53. The Morgan fingerprint density at radius 3 is 2.47 bits per heavy atom. The van der Waals surface area contributed by atoms with Gasteiger partial charge in [-0.2, -0.15) is 0 Å². The smallest absolute Gasteiger partial charge is 0.199 e. The lowest BCUT2D eigenvalue weighted by Crippen LogP contribution is -2.25. The first-order valence-electron chi connectivity index (χ1n) is 10.9. The molecule has 6 heteroatoms. The Morgan fingerprint density at radius 2 is 1.75 bits per heavy atom. The molecule has 0 aliphatic carbocycles. The SMILES string of the molecule is NC[C@H](Oc1cc(OCc2ccccc2)ccc1Br)c1ccc(OC2CCCCO2)cc1. The van der Waals surface area contributed by atoms with Crippen molar-refractivity contribution in [3.63, 3.8) is 0 Å². The minimum atomic E-state index is -0.296. The van der Waals surface area contributed by atoms with Crippen LogP contribution in [0.15, 0.2) is 77.3 Å². The highest BCUT2D eigenvalue weighted by Crippen LogP contribution is 2.33. The van der Waals surface area contributed by atoms with E-state index in [9.17, 15) is 0 Å². The number of halogens is 1. The summed E-state index contributed by atoms with van der Waals surface area (Å²) in [6, 6.07) is 23.6. The minimum absolute atomic E-state index is 0.161. The number of hydrogen-bond acceptors (Lipinski definition) is 5. The lowest BCUT2D eigenvalue weighted by molar-refractivity contribution is -0.105.